The SMILES string of the molecule is O=[N+]([O-])c1ccc(F)c2c(Br)nccc12. The smallest absolute Gasteiger partial charge is 0.258 e. The van der Waals surface area contributed by atoms with Crippen LogP contribution < -0.4 is 0 Å². The Morgan fingerprint density at radius 3 is 2.80 bits per heavy atom. The lowest BCUT2D eigenvalue weighted by molar-refractivity contribution is -0.383. The van der Waals surface area contributed by atoms with E-state index in [1.54, 1.807) is 0 Å². The summed E-state index contributed by atoms with van der Waals surface area (Å²) >= 11 is 3.06. The van der Waals surface area contributed by atoms with E-state index in [1.165, 1.54) is 12.3 Å². The van der Waals surface area contributed by atoms with E-state index in [9.17, 15) is 14.5 Å². The van der Waals surface area contributed by atoms with E-state index in [-0.39, 0.29) is 21.1 Å². The third kappa shape index (κ3) is 1.56. The van der Waals surface area contributed by atoms with Gasteiger partial charge >= 0.3 is 0 Å². The first-order valence-corrected chi connectivity index (χ1v) is 4.77. The fourth-order valence-corrected chi connectivity index (χ4v) is 1.88. The Labute approximate surface area is 92.0 Å². The zero-order valence-corrected chi connectivity index (χ0v) is 8.86. The van der Waals surface area contributed by atoms with Crippen molar-refractivity contribution in [1.82, 2.24) is 4.98 Å². The maximum absolute atomic E-state index is 13.4. The molecule has 15 heavy (non-hydrogen) atoms. The molecule has 0 aliphatic carbocycles. The summed E-state index contributed by atoms with van der Waals surface area (Å²) < 4.78 is 13.7. The second-order valence-electron chi connectivity index (χ2n) is 2.85. The monoisotopic (exact) mass is 270 g/mol. The van der Waals surface area contributed by atoms with Gasteiger partial charge in [0, 0.05) is 12.3 Å². The van der Waals surface area contributed by atoms with Crippen molar-refractivity contribution in [2.45, 2.75) is 0 Å². The molecule has 2 rings (SSSR count). The van der Waals surface area contributed by atoms with Gasteiger partial charge in [-0.3, -0.25) is 10.1 Å². The van der Waals surface area contributed by atoms with Gasteiger partial charge in [0.2, 0.25) is 0 Å². The molecule has 1 aromatic carbocycles. The molecule has 0 saturated carbocycles. The molecule has 0 unspecified atom stereocenters. The van der Waals surface area contributed by atoms with Crippen molar-refractivity contribution in [2.75, 3.05) is 0 Å². The van der Waals surface area contributed by atoms with Crippen molar-refractivity contribution >= 4 is 32.4 Å². The predicted octanol–water partition coefficient (Wildman–Crippen LogP) is 3.04. The van der Waals surface area contributed by atoms with Crippen molar-refractivity contribution in [3.63, 3.8) is 0 Å². The van der Waals surface area contributed by atoms with Gasteiger partial charge in [0.15, 0.2) is 0 Å². The summed E-state index contributed by atoms with van der Waals surface area (Å²) in [6.45, 7) is 0. The minimum absolute atomic E-state index is 0.130. The first kappa shape index (κ1) is 9.97. The van der Waals surface area contributed by atoms with E-state index in [1.807, 2.05) is 0 Å². The molecule has 0 bridgehead atoms. The van der Waals surface area contributed by atoms with Crippen LogP contribution >= 0.6 is 15.9 Å². The zero-order chi connectivity index (χ0) is 11.0. The number of aromatic nitrogens is 1. The normalized spacial score (nSPS) is 10.5. The summed E-state index contributed by atoms with van der Waals surface area (Å²) in [5.74, 6) is -0.532. The highest BCUT2D eigenvalue weighted by Crippen LogP contribution is 2.31. The van der Waals surface area contributed by atoms with Gasteiger partial charge in [-0.15, -0.1) is 0 Å². The van der Waals surface area contributed by atoms with Crippen LogP contribution in [0.2, 0.25) is 0 Å². The van der Waals surface area contributed by atoms with E-state index < -0.39 is 10.7 Å². The van der Waals surface area contributed by atoms with Gasteiger partial charge in [-0.1, -0.05) is 0 Å². The molecule has 0 saturated heterocycles. The highest BCUT2D eigenvalue weighted by Gasteiger charge is 2.16. The van der Waals surface area contributed by atoms with E-state index in [2.05, 4.69) is 20.9 Å². The molecule has 6 heteroatoms. The Balaban J connectivity index is 2.95. The maximum atomic E-state index is 13.4. The lowest BCUT2D eigenvalue weighted by Crippen LogP contribution is -1.92. The average Bonchev–Trinajstić information content (AvgIpc) is 2.17. The summed E-state index contributed by atoms with van der Waals surface area (Å²) in [6.07, 6.45) is 1.39. The van der Waals surface area contributed by atoms with Crippen molar-refractivity contribution in [1.29, 1.82) is 0 Å². The summed E-state index contributed by atoms with van der Waals surface area (Å²) in [6, 6.07) is 3.62. The molecular weight excluding hydrogens is 267 g/mol. The summed E-state index contributed by atoms with van der Waals surface area (Å²) in [7, 11) is 0. The molecule has 76 valence electrons. The standard InChI is InChI=1S/C9H4BrFN2O2/c10-9-8-5(3-4-12-9)7(13(14)15)2-1-6(8)11/h1-4H. The molecule has 4 nitrogen and oxygen atoms in total. The number of halogens is 2. The van der Waals surface area contributed by atoms with Crippen LogP contribution in [-0.2, 0) is 0 Å². The van der Waals surface area contributed by atoms with Crippen molar-refractivity contribution in [3.8, 4) is 0 Å². The third-order valence-corrected chi connectivity index (χ3v) is 2.60. The van der Waals surface area contributed by atoms with E-state index in [0.29, 0.717) is 0 Å². The fourth-order valence-electron chi connectivity index (χ4n) is 1.36. The molecular formula is C9H4BrFN2O2. The molecule has 0 aliphatic rings. The number of nitro benzene ring substituents is 1. The van der Waals surface area contributed by atoms with Gasteiger partial charge < -0.3 is 0 Å². The molecule has 0 atom stereocenters. The number of hydrogen-bond acceptors (Lipinski definition) is 3. The van der Waals surface area contributed by atoms with Crippen LogP contribution in [0.25, 0.3) is 10.8 Å². The number of nitro groups is 1. The Morgan fingerprint density at radius 1 is 1.40 bits per heavy atom. The fraction of sp³-hybridized carbons (Fsp3) is 0. The minimum atomic E-state index is -0.547. The van der Waals surface area contributed by atoms with Gasteiger partial charge in [-0.05, 0) is 28.1 Å². The number of rotatable bonds is 1. The van der Waals surface area contributed by atoms with Crippen LogP contribution in [0, 0.1) is 15.9 Å². The van der Waals surface area contributed by atoms with E-state index >= 15 is 0 Å². The predicted molar refractivity (Wildman–Crippen MR) is 56.1 cm³/mol. The van der Waals surface area contributed by atoms with Gasteiger partial charge in [0.25, 0.3) is 5.69 Å². The van der Waals surface area contributed by atoms with Crippen molar-refractivity contribution in [3.05, 3.63) is 44.9 Å². The van der Waals surface area contributed by atoms with Crippen molar-refractivity contribution < 1.29 is 9.31 Å². The van der Waals surface area contributed by atoms with Crippen LogP contribution in [0.1, 0.15) is 0 Å². The highest BCUT2D eigenvalue weighted by atomic mass is 79.9. The Hall–Kier alpha value is -1.56. The largest absolute Gasteiger partial charge is 0.277 e. The maximum Gasteiger partial charge on any atom is 0.277 e. The average molecular weight is 271 g/mol. The number of fused-ring (bicyclic) bond motifs is 1. The first-order valence-electron chi connectivity index (χ1n) is 3.98. The number of benzene rings is 1. The van der Waals surface area contributed by atoms with E-state index in [0.717, 1.165) is 12.1 Å². The van der Waals surface area contributed by atoms with Gasteiger partial charge in [0.05, 0.1) is 15.7 Å². The third-order valence-electron chi connectivity index (χ3n) is 2.00. The molecule has 0 aliphatic heterocycles. The highest BCUT2D eigenvalue weighted by molar-refractivity contribution is 9.10. The molecule has 2 aromatic rings. The second kappa shape index (κ2) is 3.54. The zero-order valence-electron chi connectivity index (χ0n) is 7.28. The number of nitrogens with zero attached hydrogens (tertiary/aromatic N) is 2. The molecule has 0 N–H and O–H groups in total. The Morgan fingerprint density at radius 2 is 2.13 bits per heavy atom. The summed E-state index contributed by atoms with van der Waals surface area (Å²) in [5.41, 5.74) is -0.130. The molecule has 1 aromatic heterocycles. The number of non-ortho nitro benzene ring substituents is 1. The molecule has 0 amide bonds. The Bertz CT molecular complexity index is 551. The molecule has 0 spiro atoms. The van der Waals surface area contributed by atoms with E-state index in [4.69, 9.17) is 0 Å². The lowest BCUT2D eigenvalue weighted by Gasteiger charge is -2.01. The Kier molecular flexibility index (Phi) is 2.36. The summed E-state index contributed by atoms with van der Waals surface area (Å²) in [4.78, 5) is 14.0. The van der Waals surface area contributed by atoms with Gasteiger partial charge in [-0.25, -0.2) is 9.37 Å². The van der Waals surface area contributed by atoms with Crippen LogP contribution in [0.3, 0.4) is 0 Å². The number of hydrogen-bond donors (Lipinski definition) is 0. The van der Waals surface area contributed by atoms with Crippen LogP contribution in [0.5, 0.6) is 0 Å². The quantitative estimate of drug-likeness (QED) is 0.455. The first-order chi connectivity index (χ1) is 7.11. The van der Waals surface area contributed by atoms with Crippen molar-refractivity contribution in [2.24, 2.45) is 0 Å². The second-order valence-corrected chi connectivity index (χ2v) is 3.60. The van der Waals surface area contributed by atoms with Crippen LogP contribution in [0.4, 0.5) is 10.1 Å². The van der Waals surface area contributed by atoms with Crippen LogP contribution in [-0.4, -0.2) is 9.91 Å². The summed E-state index contributed by atoms with van der Waals surface area (Å²) in [5, 5.41) is 11.1. The van der Waals surface area contributed by atoms with Gasteiger partial charge in [0.1, 0.15) is 10.4 Å². The topological polar surface area (TPSA) is 56.0 Å². The molecule has 1 heterocycles. The molecule has 0 fully saturated rings. The van der Waals surface area contributed by atoms with Gasteiger partial charge in [-0.2, -0.15) is 0 Å². The van der Waals surface area contributed by atoms with Crippen LogP contribution in [0.15, 0.2) is 29.0 Å². The number of pyridine rings is 1. The minimum Gasteiger partial charge on any atom is -0.258 e. The molecule has 0 radical (unpaired) electrons. The lowest BCUT2D eigenvalue weighted by atomic mass is 10.1.